The molecule has 0 fully saturated rings. The Balaban J connectivity index is 1.86. The average molecular weight is 299 g/mol. The van der Waals surface area contributed by atoms with Crippen LogP contribution in [-0.4, -0.2) is 12.6 Å². The largest absolute Gasteiger partial charge is 0.327 e. The van der Waals surface area contributed by atoms with Gasteiger partial charge in [0.25, 0.3) is 0 Å². The van der Waals surface area contributed by atoms with E-state index in [1.165, 1.54) is 0 Å². The van der Waals surface area contributed by atoms with E-state index >= 15 is 0 Å². The van der Waals surface area contributed by atoms with Crippen molar-refractivity contribution in [1.82, 2.24) is 5.32 Å². The molecule has 0 aliphatic heterocycles. The van der Waals surface area contributed by atoms with E-state index < -0.39 is 0 Å². The number of para-hydroxylation sites is 1. The Morgan fingerprint density at radius 3 is 2.62 bits per heavy atom. The van der Waals surface area contributed by atoms with E-state index in [2.05, 4.69) is 22.5 Å². The lowest BCUT2D eigenvalue weighted by Gasteiger charge is -2.07. The minimum atomic E-state index is -0.280. The summed E-state index contributed by atoms with van der Waals surface area (Å²) in [7, 11) is 0. The van der Waals surface area contributed by atoms with Crippen molar-refractivity contribution < 1.29 is 4.79 Å². The zero-order valence-electron chi connectivity index (χ0n) is 11.6. The van der Waals surface area contributed by atoms with Crippen LogP contribution in [0.1, 0.15) is 11.1 Å². The number of nitrogens with one attached hydrogen (secondary N) is 2. The summed E-state index contributed by atoms with van der Waals surface area (Å²) in [5.41, 5.74) is 2.55. The fraction of sp³-hybridized carbons (Fsp3) is 0.118. The minimum Gasteiger partial charge on any atom is -0.327 e. The molecule has 0 spiro atoms. The predicted octanol–water partition coefficient (Wildman–Crippen LogP) is 3.82. The standard InChI is InChI=1S/C17H15ClN2O/c1-13-7-2-5-11-16(13)20-17(21)19-12-6-9-14-8-3-4-10-15(14)18/h2-5,7-8,10-11H,12H2,1H3,(H2,19,20,21). The minimum absolute atomic E-state index is 0.253. The van der Waals surface area contributed by atoms with Gasteiger partial charge in [-0.1, -0.05) is 53.8 Å². The van der Waals surface area contributed by atoms with E-state index in [4.69, 9.17) is 11.6 Å². The number of carbonyl (C=O) groups is 1. The maximum atomic E-state index is 11.7. The van der Waals surface area contributed by atoms with Crippen LogP contribution in [0.4, 0.5) is 10.5 Å². The van der Waals surface area contributed by atoms with Crippen LogP contribution < -0.4 is 10.6 Å². The SMILES string of the molecule is Cc1ccccc1NC(=O)NCC#Cc1ccccc1Cl. The molecule has 0 atom stereocenters. The smallest absolute Gasteiger partial charge is 0.320 e. The summed E-state index contributed by atoms with van der Waals surface area (Å²) >= 11 is 5.99. The van der Waals surface area contributed by atoms with Crippen molar-refractivity contribution in [3.05, 3.63) is 64.7 Å². The van der Waals surface area contributed by atoms with Crippen molar-refractivity contribution in [1.29, 1.82) is 0 Å². The van der Waals surface area contributed by atoms with Crippen LogP contribution in [0, 0.1) is 18.8 Å². The summed E-state index contributed by atoms with van der Waals surface area (Å²) in [4.78, 5) is 11.7. The first-order valence-corrected chi connectivity index (χ1v) is 6.88. The third-order valence-corrected chi connectivity index (χ3v) is 3.16. The molecule has 0 saturated carbocycles. The van der Waals surface area contributed by atoms with Crippen LogP contribution >= 0.6 is 11.6 Å². The van der Waals surface area contributed by atoms with Crippen molar-refractivity contribution in [2.24, 2.45) is 0 Å². The first-order valence-electron chi connectivity index (χ1n) is 6.50. The van der Waals surface area contributed by atoms with E-state index in [9.17, 15) is 4.79 Å². The van der Waals surface area contributed by atoms with Gasteiger partial charge in [-0.05, 0) is 30.7 Å². The highest BCUT2D eigenvalue weighted by molar-refractivity contribution is 6.31. The Hall–Kier alpha value is -2.44. The molecule has 0 aliphatic rings. The number of amides is 2. The van der Waals surface area contributed by atoms with Gasteiger partial charge in [0, 0.05) is 11.3 Å². The zero-order valence-corrected chi connectivity index (χ0v) is 12.4. The number of hydrogen-bond donors (Lipinski definition) is 2. The number of benzene rings is 2. The molecule has 0 radical (unpaired) electrons. The summed E-state index contributed by atoms with van der Waals surface area (Å²) in [6, 6.07) is 14.6. The van der Waals surface area contributed by atoms with Crippen molar-refractivity contribution in [3.63, 3.8) is 0 Å². The number of aryl methyl sites for hydroxylation is 1. The Labute approximate surface area is 129 Å². The molecule has 2 aromatic rings. The molecule has 0 heterocycles. The van der Waals surface area contributed by atoms with Crippen LogP contribution in [0.25, 0.3) is 0 Å². The molecule has 2 rings (SSSR count). The van der Waals surface area contributed by atoms with Crippen LogP contribution in [0.2, 0.25) is 5.02 Å². The first-order chi connectivity index (χ1) is 10.2. The number of anilines is 1. The van der Waals surface area contributed by atoms with Gasteiger partial charge in [-0.15, -0.1) is 0 Å². The Morgan fingerprint density at radius 1 is 1.14 bits per heavy atom. The van der Waals surface area contributed by atoms with Gasteiger partial charge in [-0.2, -0.15) is 0 Å². The van der Waals surface area contributed by atoms with Gasteiger partial charge in [-0.3, -0.25) is 0 Å². The van der Waals surface area contributed by atoms with Crippen molar-refractivity contribution in [2.45, 2.75) is 6.92 Å². The summed E-state index contributed by atoms with van der Waals surface area (Å²) in [5.74, 6) is 5.79. The summed E-state index contributed by atoms with van der Waals surface area (Å²) in [6.45, 7) is 2.19. The second-order valence-corrected chi connectivity index (χ2v) is 4.81. The zero-order chi connectivity index (χ0) is 15.1. The average Bonchev–Trinajstić information content (AvgIpc) is 2.48. The van der Waals surface area contributed by atoms with Gasteiger partial charge < -0.3 is 10.6 Å². The van der Waals surface area contributed by atoms with E-state index in [0.29, 0.717) is 5.02 Å². The fourth-order valence-electron chi connectivity index (χ4n) is 1.71. The molecule has 0 unspecified atom stereocenters. The molecule has 106 valence electrons. The number of hydrogen-bond acceptors (Lipinski definition) is 1. The highest BCUT2D eigenvalue weighted by atomic mass is 35.5. The van der Waals surface area contributed by atoms with Crippen LogP contribution in [0.15, 0.2) is 48.5 Å². The summed E-state index contributed by atoms with van der Waals surface area (Å²) in [5, 5.41) is 6.06. The number of carbonyl (C=O) groups excluding carboxylic acids is 1. The third kappa shape index (κ3) is 4.55. The van der Waals surface area contributed by atoms with Crippen LogP contribution in [0.5, 0.6) is 0 Å². The van der Waals surface area contributed by atoms with Crippen molar-refractivity contribution in [2.75, 3.05) is 11.9 Å². The quantitative estimate of drug-likeness (QED) is 0.813. The predicted molar refractivity (Wildman–Crippen MR) is 86.5 cm³/mol. The Kier molecular flexibility index (Phi) is 5.25. The van der Waals surface area contributed by atoms with E-state index in [1.54, 1.807) is 6.07 Å². The van der Waals surface area contributed by atoms with Gasteiger partial charge in [0.15, 0.2) is 0 Å². The van der Waals surface area contributed by atoms with Gasteiger partial charge in [0.2, 0.25) is 0 Å². The number of rotatable bonds is 2. The molecule has 0 saturated heterocycles. The van der Waals surface area contributed by atoms with E-state index in [1.807, 2.05) is 49.4 Å². The van der Waals surface area contributed by atoms with Crippen LogP contribution in [0.3, 0.4) is 0 Å². The number of urea groups is 1. The van der Waals surface area contributed by atoms with Crippen molar-refractivity contribution in [3.8, 4) is 11.8 Å². The maximum absolute atomic E-state index is 11.7. The third-order valence-electron chi connectivity index (χ3n) is 2.83. The first kappa shape index (κ1) is 15.0. The second-order valence-electron chi connectivity index (χ2n) is 4.40. The monoisotopic (exact) mass is 298 g/mol. The molecule has 0 bridgehead atoms. The normalized spacial score (nSPS) is 9.43. The molecular formula is C17H15ClN2O. The fourth-order valence-corrected chi connectivity index (χ4v) is 1.89. The lowest BCUT2D eigenvalue weighted by molar-refractivity contribution is 0.253. The Bertz CT molecular complexity index is 701. The summed E-state index contributed by atoms with van der Waals surface area (Å²) in [6.07, 6.45) is 0. The molecule has 0 aromatic heterocycles. The topological polar surface area (TPSA) is 41.1 Å². The van der Waals surface area contributed by atoms with Crippen molar-refractivity contribution >= 4 is 23.3 Å². The molecule has 2 amide bonds. The molecule has 3 nitrogen and oxygen atoms in total. The second kappa shape index (κ2) is 7.37. The Morgan fingerprint density at radius 2 is 1.86 bits per heavy atom. The molecule has 2 aromatic carbocycles. The highest BCUT2D eigenvalue weighted by Crippen LogP contribution is 2.13. The van der Waals surface area contributed by atoms with Gasteiger partial charge in [0.05, 0.1) is 11.6 Å². The maximum Gasteiger partial charge on any atom is 0.320 e. The number of halogens is 1. The lowest BCUT2D eigenvalue weighted by atomic mass is 10.2. The summed E-state index contributed by atoms with van der Waals surface area (Å²) < 4.78 is 0. The molecule has 4 heteroatoms. The van der Waals surface area contributed by atoms with E-state index in [-0.39, 0.29) is 12.6 Å². The lowest BCUT2D eigenvalue weighted by Crippen LogP contribution is -2.29. The molecular weight excluding hydrogens is 284 g/mol. The molecule has 2 N–H and O–H groups in total. The van der Waals surface area contributed by atoms with E-state index in [0.717, 1.165) is 16.8 Å². The highest BCUT2D eigenvalue weighted by Gasteiger charge is 2.01. The van der Waals surface area contributed by atoms with Gasteiger partial charge >= 0.3 is 6.03 Å². The van der Waals surface area contributed by atoms with Gasteiger partial charge in [-0.25, -0.2) is 4.79 Å². The van der Waals surface area contributed by atoms with Gasteiger partial charge in [0.1, 0.15) is 0 Å². The van der Waals surface area contributed by atoms with Crippen LogP contribution in [-0.2, 0) is 0 Å². The molecule has 0 aliphatic carbocycles. The molecule has 21 heavy (non-hydrogen) atoms.